The zero-order valence-corrected chi connectivity index (χ0v) is 17.9. The van der Waals surface area contributed by atoms with Gasteiger partial charge < -0.3 is 40.3 Å². The standard InChI is InChI=1S/C20H28N4O4.3H2O/c1-25-18-14-17-16(20(22-15-21-17)24-6-11-27-12-7-24)13-19(18)28-8-2-3-23-4-9-26-10-5-23;;;/h13-15H,2-12H2,1H3;3*1H2. The molecule has 0 radical (unpaired) electrons. The van der Waals surface area contributed by atoms with E-state index in [1.807, 2.05) is 12.1 Å². The van der Waals surface area contributed by atoms with Gasteiger partial charge in [-0.2, -0.15) is 0 Å². The van der Waals surface area contributed by atoms with E-state index in [1.54, 1.807) is 13.4 Å². The number of methoxy groups -OCH3 is 1. The van der Waals surface area contributed by atoms with Crippen LogP contribution >= 0.6 is 0 Å². The number of fused-ring (bicyclic) bond motifs is 1. The molecule has 6 N–H and O–H groups in total. The number of rotatable bonds is 7. The van der Waals surface area contributed by atoms with Crippen LogP contribution in [0.5, 0.6) is 11.5 Å². The lowest BCUT2D eigenvalue weighted by atomic mass is 10.2. The SMILES string of the molecule is COc1cc2ncnc(N3CCOCC3)c2cc1OCCCN1CCOCC1.O.O.O. The number of ether oxygens (including phenoxy) is 4. The van der Waals surface area contributed by atoms with Crippen molar-refractivity contribution in [3.63, 3.8) is 0 Å². The van der Waals surface area contributed by atoms with Gasteiger partial charge in [0.2, 0.25) is 0 Å². The molecule has 4 rings (SSSR count). The minimum absolute atomic E-state index is 0. The number of aromatic nitrogens is 2. The van der Waals surface area contributed by atoms with Gasteiger partial charge in [-0.05, 0) is 12.5 Å². The van der Waals surface area contributed by atoms with E-state index in [9.17, 15) is 0 Å². The highest BCUT2D eigenvalue weighted by atomic mass is 16.5. The van der Waals surface area contributed by atoms with Crippen LogP contribution < -0.4 is 14.4 Å². The van der Waals surface area contributed by atoms with Crippen molar-refractivity contribution in [2.24, 2.45) is 0 Å². The summed E-state index contributed by atoms with van der Waals surface area (Å²) in [5.41, 5.74) is 0.856. The summed E-state index contributed by atoms with van der Waals surface area (Å²) in [6, 6.07) is 3.94. The molecule has 0 spiro atoms. The molecule has 11 nitrogen and oxygen atoms in total. The van der Waals surface area contributed by atoms with E-state index in [1.165, 1.54) is 0 Å². The number of hydrogen-bond acceptors (Lipinski definition) is 8. The average Bonchev–Trinajstić information content (AvgIpc) is 2.77. The Balaban J connectivity index is 0.00000160. The van der Waals surface area contributed by atoms with Gasteiger partial charge in [-0.3, -0.25) is 4.90 Å². The van der Waals surface area contributed by atoms with Crippen LogP contribution in [0.25, 0.3) is 10.9 Å². The molecule has 1 aromatic heterocycles. The van der Waals surface area contributed by atoms with Crippen LogP contribution in [0.15, 0.2) is 18.5 Å². The molecule has 2 aliphatic rings. The van der Waals surface area contributed by atoms with Crippen molar-refractivity contribution in [2.45, 2.75) is 6.42 Å². The fourth-order valence-corrected chi connectivity index (χ4v) is 3.64. The maximum atomic E-state index is 6.09. The summed E-state index contributed by atoms with van der Waals surface area (Å²) >= 11 is 0. The van der Waals surface area contributed by atoms with E-state index in [4.69, 9.17) is 18.9 Å². The Bertz CT molecular complexity index is 783. The topological polar surface area (TPSA) is 164 Å². The molecule has 11 heteroatoms. The summed E-state index contributed by atoms with van der Waals surface area (Å²) in [6.45, 7) is 8.38. The molecular formula is C20H34N4O7. The van der Waals surface area contributed by atoms with Gasteiger partial charge in [0.05, 0.1) is 45.7 Å². The van der Waals surface area contributed by atoms with E-state index in [0.717, 1.165) is 74.8 Å². The Morgan fingerprint density at radius 3 is 2.26 bits per heavy atom. The lowest BCUT2D eigenvalue weighted by molar-refractivity contribution is 0.0357. The molecule has 2 saturated heterocycles. The van der Waals surface area contributed by atoms with Gasteiger partial charge in [-0.15, -0.1) is 0 Å². The minimum Gasteiger partial charge on any atom is -0.493 e. The number of benzene rings is 1. The molecule has 2 aromatic rings. The predicted molar refractivity (Wildman–Crippen MR) is 117 cm³/mol. The van der Waals surface area contributed by atoms with Gasteiger partial charge in [0, 0.05) is 44.2 Å². The number of nitrogens with zero attached hydrogens (tertiary/aromatic N) is 4. The molecule has 3 heterocycles. The van der Waals surface area contributed by atoms with E-state index in [2.05, 4.69) is 19.8 Å². The van der Waals surface area contributed by atoms with Crippen LogP contribution in [0, 0.1) is 0 Å². The first kappa shape index (κ1) is 26.8. The summed E-state index contributed by atoms with van der Waals surface area (Å²) in [7, 11) is 1.66. The van der Waals surface area contributed by atoms with E-state index < -0.39 is 0 Å². The van der Waals surface area contributed by atoms with Crippen molar-refractivity contribution >= 4 is 16.7 Å². The predicted octanol–water partition coefficient (Wildman–Crippen LogP) is -0.898. The summed E-state index contributed by atoms with van der Waals surface area (Å²) in [5, 5.41) is 0.980. The van der Waals surface area contributed by atoms with Gasteiger partial charge >= 0.3 is 0 Å². The van der Waals surface area contributed by atoms with Crippen molar-refractivity contribution in [2.75, 3.05) is 77.8 Å². The summed E-state index contributed by atoms with van der Waals surface area (Å²) in [5.74, 6) is 2.36. The Hall–Kier alpha value is -2.28. The maximum Gasteiger partial charge on any atom is 0.162 e. The molecule has 0 bridgehead atoms. The minimum atomic E-state index is 0. The second kappa shape index (κ2) is 13.2. The third-order valence-corrected chi connectivity index (χ3v) is 5.19. The summed E-state index contributed by atoms with van der Waals surface area (Å²) in [6.07, 6.45) is 2.57. The molecule has 2 aliphatic heterocycles. The molecule has 31 heavy (non-hydrogen) atoms. The van der Waals surface area contributed by atoms with Crippen molar-refractivity contribution in [1.82, 2.24) is 14.9 Å². The molecule has 2 fully saturated rings. The molecule has 0 unspecified atom stereocenters. The van der Waals surface area contributed by atoms with Crippen LogP contribution in [-0.2, 0) is 9.47 Å². The first-order valence-corrected chi connectivity index (χ1v) is 9.93. The second-order valence-corrected chi connectivity index (χ2v) is 6.97. The Morgan fingerprint density at radius 1 is 0.903 bits per heavy atom. The Labute approximate surface area is 181 Å². The number of anilines is 1. The van der Waals surface area contributed by atoms with Gasteiger partial charge in [0.1, 0.15) is 12.1 Å². The van der Waals surface area contributed by atoms with Gasteiger partial charge in [-0.25, -0.2) is 9.97 Å². The molecule has 0 aliphatic carbocycles. The number of hydrogen-bond donors (Lipinski definition) is 0. The highest BCUT2D eigenvalue weighted by Crippen LogP contribution is 2.35. The lowest BCUT2D eigenvalue weighted by Crippen LogP contribution is -2.37. The third kappa shape index (κ3) is 6.60. The Morgan fingerprint density at radius 2 is 1.58 bits per heavy atom. The zero-order chi connectivity index (χ0) is 19.2. The average molecular weight is 443 g/mol. The van der Waals surface area contributed by atoms with E-state index in [-0.39, 0.29) is 16.4 Å². The first-order chi connectivity index (χ1) is 13.8. The van der Waals surface area contributed by atoms with Crippen molar-refractivity contribution in [1.29, 1.82) is 0 Å². The third-order valence-electron chi connectivity index (χ3n) is 5.19. The van der Waals surface area contributed by atoms with Gasteiger partial charge in [-0.1, -0.05) is 0 Å². The van der Waals surface area contributed by atoms with Crippen molar-refractivity contribution in [3.05, 3.63) is 18.5 Å². The Kier molecular flexibility index (Phi) is 11.4. The maximum absolute atomic E-state index is 6.09. The molecule has 176 valence electrons. The molecule has 0 saturated carbocycles. The summed E-state index contributed by atoms with van der Waals surface area (Å²) in [4.78, 5) is 13.6. The summed E-state index contributed by atoms with van der Waals surface area (Å²) < 4.78 is 22.5. The van der Waals surface area contributed by atoms with Crippen LogP contribution in [0.3, 0.4) is 0 Å². The largest absolute Gasteiger partial charge is 0.493 e. The van der Waals surface area contributed by atoms with Crippen LogP contribution in [0.2, 0.25) is 0 Å². The highest BCUT2D eigenvalue weighted by Gasteiger charge is 2.18. The highest BCUT2D eigenvalue weighted by molar-refractivity contribution is 5.92. The second-order valence-electron chi connectivity index (χ2n) is 6.97. The van der Waals surface area contributed by atoms with Gasteiger partial charge in [0.25, 0.3) is 0 Å². The first-order valence-electron chi connectivity index (χ1n) is 9.93. The molecule has 0 amide bonds. The normalized spacial score (nSPS) is 16.6. The van der Waals surface area contributed by atoms with Crippen LogP contribution in [-0.4, -0.2) is 104 Å². The molecule has 0 atom stereocenters. The fraction of sp³-hybridized carbons (Fsp3) is 0.600. The lowest BCUT2D eigenvalue weighted by Gasteiger charge is -2.28. The van der Waals surface area contributed by atoms with E-state index >= 15 is 0 Å². The number of morpholine rings is 2. The van der Waals surface area contributed by atoms with Gasteiger partial charge in [0.15, 0.2) is 11.5 Å². The molecule has 1 aromatic carbocycles. The monoisotopic (exact) mass is 442 g/mol. The van der Waals surface area contributed by atoms with Crippen LogP contribution in [0.1, 0.15) is 6.42 Å². The smallest absolute Gasteiger partial charge is 0.162 e. The molecular weight excluding hydrogens is 408 g/mol. The van der Waals surface area contributed by atoms with Crippen molar-refractivity contribution < 1.29 is 35.4 Å². The zero-order valence-electron chi connectivity index (χ0n) is 17.9. The fourth-order valence-electron chi connectivity index (χ4n) is 3.64. The van der Waals surface area contributed by atoms with E-state index in [0.29, 0.717) is 25.6 Å². The van der Waals surface area contributed by atoms with Crippen LogP contribution in [0.4, 0.5) is 5.82 Å². The van der Waals surface area contributed by atoms with Crippen molar-refractivity contribution in [3.8, 4) is 11.5 Å². The quantitative estimate of drug-likeness (QED) is 0.498.